The molecule has 1 aromatic carbocycles. The van der Waals surface area contributed by atoms with E-state index in [1.807, 2.05) is 48.5 Å². The molecule has 3 rings (SSSR count). The molecule has 1 unspecified atom stereocenters. The van der Waals surface area contributed by atoms with Crippen molar-refractivity contribution in [3.63, 3.8) is 0 Å². The van der Waals surface area contributed by atoms with Crippen molar-refractivity contribution in [2.24, 2.45) is 0 Å². The molecule has 0 bridgehead atoms. The van der Waals surface area contributed by atoms with E-state index in [0.29, 0.717) is 12.1 Å². The van der Waals surface area contributed by atoms with Crippen LogP contribution in [0.4, 0.5) is 0 Å². The van der Waals surface area contributed by atoms with Crippen LogP contribution in [0.25, 0.3) is 10.9 Å². The van der Waals surface area contributed by atoms with Gasteiger partial charge in [0.1, 0.15) is 0 Å². The van der Waals surface area contributed by atoms with Gasteiger partial charge in [-0.25, -0.2) is 0 Å². The summed E-state index contributed by atoms with van der Waals surface area (Å²) >= 11 is 0. The van der Waals surface area contributed by atoms with Crippen LogP contribution in [0.1, 0.15) is 17.4 Å². The second kappa shape index (κ2) is 5.16. The van der Waals surface area contributed by atoms with E-state index >= 15 is 0 Å². The summed E-state index contributed by atoms with van der Waals surface area (Å²) in [6.45, 7) is 0. The molecule has 3 aromatic rings. The Hall–Kier alpha value is -2.26. The Bertz CT molecular complexity index is 682. The topological polar surface area (TPSA) is 46.0 Å². The van der Waals surface area contributed by atoms with Crippen molar-refractivity contribution in [2.75, 3.05) is 0 Å². The zero-order valence-corrected chi connectivity index (χ0v) is 10.4. The summed E-state index contributed by atoms with van der Waals surface area (Å²) in [6, 6.07) is 15.6. The molecule has 0 saturated carbocycles. The minimum atomic E-state index is -0.591. The molecule has 3 heteroatoms. The molecule has 0 aliphatic rings. The average molecular weight is 250 g/mol. The number of nitrogens with zero attached hydrogens (tertiary/aromatic N) is 2. The maximum atomic E-state index is 10.3. The Morgan fingerprint density at radius 1 is 0.947 bits per heavy atom. The van der Waals surface area contributed by atoms with Gasteiger partial charge in [-0.3, -0.25) is 9.97 Å². The first-order valence-corrected chi connectivity index (χ1v) is 6.25. The molecule has 2 heterocycles. The highest BCUT2D eigenvalue weighted by atomic mass is 16.3. The van der Waals surface area contributed by atoms with Gasteiger partial charge in [0.25, 0.3) is 0 Å². The lowest BCUT2D eigenvalue weighted by atomic mass is 10.1. The zero-order chi connectivity index (χ0) is 13.1. The van der Waals surface area contributed by atoms with Crippen molar-refractivity contribution in [1.82, 2.24) is 9.97 Å². The maximum absolute atomic E-state index is 10.3. The number of aromatic nitrogens is 2. The molecule has 0 fully saturated rings. The fraction of sp³-hybridized carbons (Fsp3) is 0.125. The molecule has 1 atom stereocenters. The maximum Gasteiger partial charge on any atom is 0.1000 e. The molecular weight excluding hydrogens is 236 g/mol. The molecule has 19 heavy (non-hydrogen) atoms. The predicted molar refractivity (Wildman–Crippen MR) is 74.6 cm³/mol. The monoisotopic (exact) mass is 250 g/mol. The zero-order valence-electron chi connectivity index (χ0n) is 10.4. The summed E-state index contributed by atoms with van der Waals surface area (Å²) < 4.78 is 0. The second-order valence-electron chi connectivity index (χ2n) is 4.50. The summed E-state index contributed by atoms with van der Waals surface area (Å²) in [7, 11) is 0. The van der Waals surface area contributed by atoms with Crippen LogP contribution < -0.4 is 0 Å². The third-order valence-electron chi connectivity index (χ3n) is 3.14. The van der Waals surface area contributed by atoms with Crippen LogP contribution in [0, 0.1) is 0 Å². The molecule has 0 radical (unpaired) electrons. The molecular formula is C16H14N2O. The second-order valence-corrected chi connectivity index (χ2v) is 4.50. The number of hydrogen-bond acceptors (Lipinski definition) is 3. The van der Waals surface area contributed by atoms with Gasteiger partial charge in [-0.15, -0.1) is 0 Å². The lowest BCUT2D eigenvalue weighted by Crippen LogP contribution is -2.04. The number of fused-ring (bicyclic) bond motifs is 1. The van der Waals surface area contributed by atoms with Gasteiger partial charge in [0.2, 0.25) is 0 Å². The van der Waals surface area contributed by atoms with E-state index in [1.54, 1.807) is 12.4 Å². The first kappa shape index (κ1) is 11.8. The predicted octanol–water partition coefficient (Wildman–Crippen LogP) is 2.91. The van der Waals surface area contributed by atoms with Crippen molar-refractivity contribution in [3.05, 3.63) is 72.2 Å². The third-order valence-corrected chi connectivity index (χ3v) is 3.14. The molecule has 0 aliphatic heterocycles. The van der Waals surface area contributed by atoms with E-state index < -0.39 is 6.10 Å². The molecule has 0 spiro atoms. The van der Waals surface area contributed by atoms with Crippen LogP contribution in [-0.4, -0.2) is 15.1 Å². The van der Waals surface area contributed by atoms with E-state index in [2.05, 4.69) is 9.97 Å². The minimum Gasteiger partial charge on any atom is -0.386 e. The van der Waals surface area contributed by atoms with Gasteiger partial charge >= 0.3 is 0 Å². The highest BCUT2D eigenvalue weighted by Gasteiger charge is 2.10. The molecule has 3 nitrogen and oxygen atoms in total. The van der Waals surface area contributed by atoms with Crippen LogP contribution in [0.5, 0.6) is 0 Å². The van der Waals surface area contributed by atoms with Crippen molar-refractivity contribution >= 4 is 10.9 Å². The number of hydrogen-bond donors (Lipinski definition) is 1. The Morgan fingerprint density at radius 2 is 1.74 bits per heavy atom. The highest BCUT2D eigenvalue weighted by Crippen LogP contribution is 2.19. The van der Waals surface area contributed by atoms with E-state index in [-0.39, 0.29) is 0 Å². The molecule has 0 saturated heterocycles. The van der Waals surface area contributed by atoms with E-state index in [0.717, 1.165) is 16.5 Å². The van der Waals surface area contributed by atoms with Gasteiger partial charge in [0, 0.05) is 24.2 Å². The quantitative estimate of drug-likeness (QED) is 0.777. The Kier molecular flexibility index (Phi) is 3.21. The SMILES string of the molecule is OC(Cc1ccncc1)c1ccc2ccccc2n1. The first-order chi connectivity index (χ1) is 9.33. The molecule has 94 valence electrons. The van der Waals surface area contributed by atoms with Gasteiger partial charge in [-0.05, 0) is 29.8 Å². The molecule has 0 aliphatic carbocycles. The van der Waals surface area contributed by atoms with E-state index in [9.17, 15) is 5.11 Å². The number of pyridine rings is 2. The van der Waals surface area contributed by atoms with Crippen molar-refractivity contribution in [2.45, 2.75) is 12.5 Å². The van der Waals surface area contributed by atoms with Gasteiger partial charge in [0.15, 0.2) is 0 Å². The third kappa shape index (κ3) is 2.61. The smallest absolute Gasteiger partial charge is 0.1000 e. The van der Waals surface area contributed by atoms with Crippen molar-refractivity contribution in [3.8, 4) is 0 Å². The molecule has 0 amide bonds. The van der Waals surface area contributed by atoms with Crippen LogP contribution in [0.3, 0.4) is 0 Å². The Morgan fingerprint density at radius 3 is 2.58 bits per heavy atom. The van der Waals surface area contributed by atoms with Crippen LogP contribution in [0.2, 0.25) is 0 Å². The number of benzene rings is 1. The lowest BCUT2D eigenvalue weighted by Gasteiger charge is -2.10. The standard InChI is InChI=1S/C16H14N2O/c19-16(11-12-7-9-17-10-8-12)15-6-5-13-3-1-2-4-14(13)18-15/h1-10,16,19H,11H2. The number of aliphatic hydroxyl groups is 1. The normalized spacial score (nSPS) is 12.5. The number of para-hydroxylation sites is 1. The van der Waals surface area contributed by atoms with E-state index in [4.69, 9.17) is 0 Å². The van der Waals surface area contributed by atoms with Crippen molar-refractivity contribution < 1.29 is 5.11 Å². The van der Waals surface area contributed by atoms with Gasteiger partial charge < -0.3 is 5.11 Å². The fourth-order valence-corrected chi connectivity index (χ4v) is 2.11. The molecule has 1 N–H and O–H groups in total. The Balaban J connectivity index is 1.87. The van der Waals surface area contributed by atoms with Crippen LogP contribution >= 0.6 is 0 Å². The highest BCUT2D eigenvalue weighted by molar-refractivity contribution is 5.78. The van der Waals surface area contributed by atoms with Gasteiger partial charge in [-0.1, -0.05) is 24.3 Å². The summed E-state index contributed by atoms with van der Waals surface area (Å²) in [5.41, 5.74) is 2.67. The summed E-state index contributed by atoms with van der Waals surface area (Å²) in [6.07, 6.45) is 3.42. The Labute approximate surface area is 111 Å². The van der Waals surface area contributed by atoms with E-state index in [1.165, 1.54) is 0 Å². The fourth-order valence-electron chi connectivity index (χ4n) is 2.11. The summed E-state index contributed by atoms with van der Waals surface area (Å²) in [4.78, 5) is 8.47. The van der Waals surface area contributed by atoms with Gasteiger partial charge in [0.05, 0.1) is 17.3 Å². The summed E-state index contributed by atoms with van der Waals surface area (Å²) in [5.74, 6) is 0. The van der Waals surface area contributed by atoms with Crippen LogP contribution in [-0.2, 0) is 6.42 Å². The van der Waals surface area contributed by atoms with Crippen LogP contribution in [0.15, 0.2) is 60.9 Å². The summed E-state index contributed by atoms with van der Waals surface area (Å²) in [5, 5.41) is 11.3. The number of rotatable bonds is 3. The van der Waals surface area contributed by atoms with Gasteiger partial charge in [-0.2, -0.15) is 0 Å². The van der Waals surface area contributed by atoms with Crippen molar-refractivity contribution in [1.29, 1.82) is 0 Å². The molecule has 2 aromatic heterocycles. The number of aliphatic hydroxyl groups excluding tert-OH is 1. The lowest BCUT2D eigenvalue weighted by molar-refractivity contribution is 0.174. The average Bonchev–Trinajstić information content (AvgIpc) is 2.48. The minimum absolute atomic E-state index is 0.549. The largest absolute Gasteiger partial charge is 0.386 e. The first-order valence-electron chi connectivity index (χ1n) is 6.25.